The number of amides is 2. The van der Waals surface area contributed by atoms with Gasteiger partial charge in [0.25, 0.3) is 10.0 Å². The SMILES string of the molecule is Cc1ccc(S(=O)(=O)NC(=O)Nc2c(F)c(F)c(C(F)(F)F)c(F)c2F)cc1. The van der Waals surface area contributed by atoms with Gasteiger partial charge < -0.3 is 5.32 Å². The lowest BCUT2D eigenvalue weighted by Gasteiger charge is -2.15. The van der Waals surface area contributed by atoms with Gasteiger partial charge in [-0.1, -0.05) is 17.7 Å². The summed E-state index contributed by atoms with van der Waals surface area (Å²) >= 11 is 0. The molecule has 0 spiro atoms. The molecule has 0 aromatic heterocycles. The van der Waals surface area contributed by atoms with Crippen molar-refractivity contribution in [2.24, 2.45) is 0 Å². The van der Waals surface area contributed by atoms with Gasteiger partial charge >= 0.3 is 12.2 Å². The molecule has 2 aromatic carbocycles. The van der Waals surface area contributed by atoms with Crippen LogP contribution >= 0.6 is 0 Å². The Bertz CT molecular complexity index is 1010. The minimum atomic E-state index is -5.76. The van der Waals surface area contributed by atoms with Gasteiger partial charge in [-0.25, -0.2) is 35.5 Å². The third-order valence-electron chi connectivity index (χ3n) is 3.34. The summed E-state index contributed by atoms with van der Waals surface area (Å²) in [5.41, 5.74) is -4.09. The Morgan fingerprint density at radius 2 is 1.36 bits per heavy atom. The molecule has 0 aliphatic carbocycles. The van der Waals surface area contributed by atoms with Crippen LogP contribution in [0.2, 0.25) is 0 Å². The second kappa shape index (κ2) is 7.30. The molecular formula is C15H9F7N2O3S. The van der Waals surface area contributed by atoms with Crippen molar-refractivity contribution in [1.82, 2.24) is 4.72 Å². The monoisotopic (exact) mass is 430 g/mol. The number of aryl methyl sites for hydroxylation is 1. The fourth-order valence-corrected chi connectivity index (χ4v) is 2.94. The molecule has 2 N–H and O–H groups in total. The number of anilines is 1. The minimum absolute atomic E-state index is 0.432. The Morgan fingerprint density at radius 3 is 1.79 bits per heavy atom. The Morgan fingerprint density at radius 1 is 0.893 bits per heavy atom. The summed E-state index contributed by atoms with van der Waals surface area (Å²) in [4.78, 5) is 11.2. The van der Waals surface area contributed by atoms with Crippen LogP contribution in [0.15, 0.2) is 29.2 Å². The van der Waals surface area contributed by atoms with Crippen molar-refractivity contribution in [2.75, 3.05) is 5.32 Å². The molecule has 0 aliphatic rings. The number of alkyl halides is 3. The van der Waals surface area contributed by atoms with Crippen molar-refractivity contribution < 1.29 is 43.9 Å². The van der Waals surface area contributed by atoms with Gasteiger partial charge in [0.1, 0.15) is 11.3 Å². The number of benzene rings is 2. The van der Waals surface area contributed by atoms with Gasteiger partial charge in [-0.3, -0.25) is 0 Å². The standard InChI is InChI=1S/C15H9F7N2O3S/c1-6-2-4-7(5-3-6)28(26,27)24-14(25)23-13-11(18)9(16)8(15(20,21)22)10(17)12(13)19/h2-5H,1H3,(H2,23,24,25). The molecule has 28 heavy (non-hydrogen) atoms. The first-order chi connectivity index (χ1) is 12.8. The van der Waals surface area contributed by atoms with Crippen LogP contribution in [0.5, 0.6) is 0 Å². The van der Waals surface area contributed by atoms with E-state index >= 15 is 0 Å². The number of hydrogen-bond donors (Lipinski definition) is 2. The molecular weight excluding hydrogens is 421 g/mol. The number of carbonyl (C=O) groups is 1. The van der Waals surface area contributed by atoms with E-state index < -0.39 is 61.6 Å². The Hall–Kier alpha value is -2.83. The van der Waals surface area contributed by atoms with E-state index in [1.54, 1.807) is 6.92 Å². The summed E-state index contributed by atoms with van der Waals surface area (Å²) in [6, 6.07) is 3.04. The first-order valence-electron chi connectivity index (χ1n) is 7.09. The zero-order valence-electron chi connectivity index (χ0n) is 13.6. The molecule has 0 saturated carbocycles. The van der Waals surface area contributed by atoms with Crippen molar-refractivity contribution in [1.29, 1.82) is 0 Å². The highest BCUT2D eigenvalue weighted by molar-refractivity contribution is 7.90. The third-order valence-corrected chi connectivity index (χ3v) is 4.69. The lowest BCUT2D eigenvalue weighted by atomic mass is 10.1. The highest BCUT2D eigenvalue weighted by Gasteiger charge is 2.42. The Labute approximate surface area is 153 Å². The van der Waals surface area contributed by atoms with Crippen molar-refractivity contribution in [3.8, 4) is 0 Å². The predicted octanol–water partition coefficient (Wildman–Crippen LogP) is 4.08. The molecule has 13 heteroatoms. The van der Waals surface area contributed by atoms with Crippen molar-refractivity contribution in [3.05, 3.63) is 58.7 Å². The van der Waals surface area contributed by atoms with E-state index in [0.29, 0.717) is 5.56 Å². The molecule has 5 nitrogen and oxygen atoms in total. The number of sulfonamides is 1. The molecule has 0 saturated heterocycles. The maximum absolute atomic E-state index is 13.7. The zero-order valence-corrected chi connectivity index (χ0v) is 14.4. The quantitative estimate of drug-likeness (QED) is 0.569. The number of halogens is 7. The smallest absolute Gasteiger partial charge is 0.302 e. The number of nitrogens with one attached hydrogen (secondary N) is 2. The second-order valence-corrected chi connectivity index (χ2v) is 7.06. The summed E-state index contributed by atoms with van der Waals surface area (Å²) in [5, 5.41) is 1.15. The molecule has 0 unspecified atom stereocenters. The normalized spacial score (nSPS) is 12.0. The highest BCUT2D eigenvalue weighted by Crippen LogP contribution is 2.38. The number of hydrogen-bond acceptors (Lipinski definition) is 3. The van der Waals surface area contributed by atoms with Gasteiger partial charge in [0.15, 0.2) is 23.3 Å². The van der Waals surface area contributed by atoms with Gasteiger partial charge in [-0.05, 0) is 19.1 Å². The molecule has 2 rings (SSSR count). The van der Waals surface area contributed by atoms with Gasteiger partial charge in [-0.2, -0.15) is 13.2 Å². The summed E-state index contributed by atoms with van der Waals surface area (Å²) in [6.45, 7) is 1.63. The summed E-state index contributed by atoms with van der Waals surface area (Å²) < 4.78 is 117. The van der Waals surface area contributed by atoms with Crippen LogP contribution in [0, 0.1) is 30.2 Å². The van der Waals surface area contributed by atoms with Gasteiger partial charge in [0.2, 0.25) is 0 Å². The van der Waals surface area contributed by atoms with E-state index in [1.807, 2.05) is 0 Å². The van der Waals surface area contributed by atoms with Crippen LogP contribution in [0.4, 0.5) is 41.2 Å². The Balaban J connectivity index is 2.36. The molecule has 2 amide bonds. The summed E-state index contributed by atoms with van der Waals surface area (Å²) in [6.07, 6.45) is -5.76. The first-order valence-corrected chi connectivity index (χ1v) is 8.57. The maximum Gasteiger partial charge on any atom is 0.422 e. The van der Waals surface area contributed by atoms with Gasteiger partial charge in [0, 0.05) is 0 Å². The average Bonchev–Trinajstić information content (AvgIpc) is 2.56. The van der Waals surface area contributed by atoms with Crippen molar-refractivity contribution in [3.63, 3.8) is 0 Å². The van der Waals surface area contributed by atoms with E-state index in [9.17, 15) is 43.9 Å². The summed E-state index contributed by atoms with van der Waals surface area (Å²) in [7, 11) is -4.55. The fraction of sp³-hybridized carbons (Fsp3) is 0.133. The maximum atomic E-state index is 13.7. The van der Waals surface area contributed by atoms with Crippen LogP contribution in [0.25, 0.3) is 0 Å². The number of rotatable bonds is 3. The van der Waals surface area contributed by atoms with E-state index in [0.717, 1.165) is 17.4 Å². The minimum Gasteiger partial charge on any atom is -0.302 e. The summed E-state index contributed by atoms with van der Waals surface area (Å²) in [5.74, 6) is -10.7. The van der Waals surface area contributed by atoms with E-state index in [4.69, 9.17) is 0 Å². The molecule has 0 radical (unpaired) electrons. The van der Waals surface area contributed by atoms with Crippen LogP contribution in [-0.4, -0.2) is 14.4 Å². The van der Waals surface area contributed by atoms with E-state index in [1.165, 1.54) is 16.9 Å². The molecule has 0 fully saturated rings. The zero-order chi connectivity index (χ0) is 21.4. The van der Waals surface area contributed by atoms with Gasteiger partial charge in [-0.15, -0.1) is 0 Å². The number of carbonyl (C=O) groups excluding carboxylic acids is 1. The van der Waals surface area contributed by atoms with E-state index in [2.05, 4.69) is 0 Å². The van der Waals surface area contributed by atoms with Crippen LogP contribution < -0.4 is 10.0 Å². The fourth-order valence-electron chi connectivity index (χ4n) is 2.03. The lowest BCUT2D eigenvalue weighted by Crippen LogP contribution is -2.35. The van der Waals surface area contributed by atoms with Crippen LogP contribution in [-0.2, 0) is 16.2 Å². The topological polar surface area (TPSA) is 75.3 Å². The predicted molar refractivity (Wildman–Crippen MR) is 81.8 cm³/mol. The second-order valence-electron chi connectivity index (χ2n) is 5.38. The highest BCUT2D eigenvalue weighted by atomic mass is 32.2. The average molecular weight is 430 g/mol. The van der Waals surface area contributed by atoms with Gasteiger partial charge in [0.05, 0.1) is 4.90 Å². The molecule has 0 bridgehead atoms. The third kappa shape index (κ3) is 4.18. The molecule has 2 aromatic rings. The van der Waals surface area contributed by atoms with E-state index in [-0.39, 0.29) is 0 Å². The van der Waals surface area contributed by atoms with Crippen molar-refractivity contribution in [2.45, 2.75) is 18.0 Å². The lowest BCUT2D eigenvalue weighted by molar-refractivity contribution is -0.143. The van der Waals surface area contributed by atoms with Crippen LogP contribution in [0.1, 0.15) is 11.1 Å². The Kier molecular flexibility index (Phi) is 5.59. The first kappa shape index (κ1) is 21.5. The van der Waals surface area contributed by atoms with Crippen LogP contribution in [0.3, 0.4) is 0 Å². The molecule has 152 valence electrons. The molecule has 0 aliphatic heterocycles. The molecule has 0 heterocycles. The van der Waals surface area contributed by atoms with Crippen molar-refractivity contribution >= 4 is 21.7 Å². The number of urea groups is 1. The molecule has 0 atom stereocenters. The largest absolute Gasteiger partial charge is 0.422 e.